The Kier molecular flexibility index (Phi) is 4.43. The zero-order valence-electron chi connectivity index (χ0n) is 17.0. The van der Waals surface area contributed by atoms with Gasteiger partial charge in [-0.3, -0.25) is 14.2 Å². The number of nitrogens with two attached hydrogens (primary N) is 1. The topological polar surface area (TPSA) is 102 Å². The Balaban J connectivity index is 1.76. The fraction of sp³-hybridized carbons (Fsp3) is 0.125. The summed E-state index contributed by atoms with van der Waals surface area (Å²) in [5, 5.41) is 5.57. The van der Waals surface area contributed by atoms with E-state index in [-0.39, 0.29) is 11.8 Å². The summed E-state index contributed by atoms with van der Waals surface area (Å²) in [7, 11) is 1.60. The van der Waals surface area contributed by atoms with Crippen molar-refractivity contribution >= 4 is 34.2 Å². The van der Waals surface area contributed by atoms with Crippen LogP contribution in [0.2, 0.25) is 0 Å². The number of nitrogens with zero attached hydrogens (tertiary/aromatic N) is 2. The fourth-order valence-electron chi connectivity index (χ4n) is 4.02. The minimum Gasteiger partial charge on any atom is -0.398 e. The van der Waals surface area contributed by atoms with Crippen molar-refractivity contribution in [2.45, 2.75) is 12.8 Å². The molecule has 4 N–H and O–H groups in total. The van der Waals surface area contributed by atoms with Crippen LogP contribution in [-0.4, -0.2) is 28.4 Å². The van der Waals surface area contributed by atoms with E-state index in [4.69, 9.17) is 10.7 Å². The van der Waals surface area contributed by atoms with E-state index >= 15 is 0 Å². The zero-order chi connectivity index (χ0) is 21.5. The molecule has 2 heterocycles. The van der Waals surface area contributed by atoms with Gasteiger partial charge < -0.3 is 16.4 Å². The number of amides is 2. The van der Waals surface area contributed by atoms with Crippen LogP contribution in [0, 0.1) is 0 Å². The molecule has 0 atom stereocenters. The molecule has 5 rings (SSSR count). The quantitative estimate of drug-likeness (QED) is 0.449. The monoisotopic (exact) mass is 411 g/mol. The maximum Gasteiger partial charge on any atom is 0.251 e. The second-order valence-electron chi connectivity index (χ2n) is 7.53. The third kappa shape index (κ3) is 3.20. The van der Waals surface area contributed by atoms with Crippen LogP contribution in [0.3, 0.4) is 0 Å². The number of aryl methyl sites for hydroxylation is 1. The number of benzene rings is 3. The number of hydrogen-bond acceptors (Lipinski definition) is 4. The minimum atomic E-state index is -0.165. The molecule has 2 amide bonds. The number of hydrogen-bond donors (Lipinski definition) is 3. The van der Waals surface area contributed by atoms with Gasteiger partial charge in [-0.05, 0) is 60.5 Å². The number of para-hydroxylation sites is 1. The number of aromatic nitrogens is 2. The zero-order valence-corrected chi connectivity index (χ0v) is 17.0. The Morgan fingerprint density at radius 3 is 2.74 bits per heavy atom. The van der Waals surface area contributed by atoms with E-state index in [1.807, 2.05) is 47.0 Å². The van der Waals surface area contributed by atoms with Crippen molar-refractivity contribution in [1.29, 1.82) is 0 Å². The second-order valence-corrected chi connectivity index (χ2v) is 7.53. The predicted octanol–water partition coefficient (Wildman–Crippen LogP) is 3.52. The molecular formula is C24H21N5O2. The number of rotatable bonds is 3. The normalized spacial score (nSPS) is 13.0. The van der Waals surface area contributed by atoms with Gasteiger partial charge in [0.05, 0.1) is 11.0 Å². The summed E-state index contributed by atoms with van der Waals surface area (Å²) < 4.78 is 2.05. The molecule has 31 heavy (non-hydrogen) atoms. The van der Waals surface area contributed by atoms with Crippen molar-refractivity contribution < 1.29 is 9.59 Å². The van der Waals surface area contributed by atoms with Gasteiger partial charge >= 0.3 is 0 Å². The van der Waals surface area contributed by atoms with E-state index in [2.05, 4.69) is 16.7 Å². The van der Waals surface area contributed by atoms with Crippen LogP contribution < -0.4 is 16.4 Å². The summed E-state index contributed by atoms with van der Waals surface area (Å²) in [6.45, 7) is 0. The third-order valence-corrected chi connectivity index (χ3v) is 5.59. The first-order valence-corrected chi connectivity index (χ1v) is 10.1. The Bertz CT molecular complexity index is 1360. The molecule has 0 aliphatic carbocycles. The van der Waals surface area contributed by atoms with Crippen molar-refractivity contribution in [2.24, 2.45) is 0 Å². The van der Waals surface area contributed by atoms with Gasteiger partial charge in [-0.25, -0.2) is 4.98 Å². The van der Waals surface area contributed by atoms with E-state index in [0.29, 0.717) is 35.4 Å². The first-order chi connectivity index (χ1) is 15.0. The van der Waals surface area contributed by atoms with Crippen LogP contribution in [0.15, 0.2) is 60.7 Å². The average molecular weight is 411 g/mol. The number of imidazole rings is 1. The summed E-state index contributed by atoms with van der Waals surface area (Å²) in [6, 6.07) is 19.0. The molecule has 0 saturated heterocycles. The highest BCUT2D eigenvalue weighted by molar-refractivity contribution is 5.98. The van der Waals surface area contributed by atoms with Crippen LogP contribution in [0.25, 0.3) is 28.1 Å². The molecule has 154 valence electrons. The van der Waals surface area contributed by atoms with E-state index in [1.165, 1.54) is 0 Å². The van der Waals surface area contributed by atoms with Gasteiger partial charge in [-0.2, -0.15) is 0 Å². The van der Waals surface area contributed by atoms with Crippen LogP contribution in [0.4, 0.5) is 11.4 Å². The van der Waals surface area contributed by atoms with Crippen LogP contribution in [0.1, 0.15) is 22.3 Å². The lowest BCUT2D eigenvalue weighted by Crippen LogP contribution is -2.19. The Hall–Kier alpha value is -4.13. The lowest BCUT2D eigenvalue weighted by molar-refractivity contribution is -0.116. The van der Waals surface area contributed by atoms with E-state index in [0.717, 1.165) is 28.0 Å². The third-order valence-electron chi connectivity index (χ3n) is 5.59. The molecule has 1 aromatic heterocycles. The number of carbonyl (C=O) groups excluding carboxylic acids is 2. The number of carbonyl (C=O) groups is 2. The highest BCUT2D eigenvalue weighted by Gasteiger charge is 2.20. The number of nitrogens with one attached hydrogen (secondary N) is 2. The predicted molar refractivity (Wildman–Crippen MR) is 121 cm³/mol. The van der Waals surface area contributed by atoms with Crippen molar-refractivity contribution in [3.63, 3.8) is 0 Å². The van der Waals surface area contributed by atoms with E-state index in [9.17, 15) is 9.59 Å². The lowest BCUT2D eigenvalue weighted by atomic mass is 10.0. The standard InChI is InChI=1S/C24H21N5O2/c1-26-24(31)15-6-10-21-20(13-15)28-23(17-4-2-3-5-18(17)25)29(21)16-8-9-19-14(12-16)7-11-22(30)27-19/h2-6,8-10,12-13H,7,11,25H2,1H3,(H,26,31)(H,27,30). The van der Waals surface area contributed by atoms with E-state index in [1.54, 1.807) is 19.2 Å². The first-order valence-electron chi connectivity index (χ1n) is 10.1. The molecule has 0 radical (unpaired) electrons. The SMILES string of the molecule is CNC(=O)c1ccc2c(c1)nc(-c1ccccc1N)n2-c1ccc2c(c1)CCC(=O)N2. The molecule has 0 spiro atoms. The second kappa shape index (κ2) is 7.28. The maximum absolute atomic E-state index is 12.1. The molecule has 0 bridgehead atoms. The van der Waals surface area contributed by atoms with Gasteiger partial charge in [0.25, 0.3) is 5.91 Å². The highest BCUT2D eigenvalue weighted by Crippen LogP contribution is 2.34. The Morgan fingerprint density at radius 2 is 1.94 bits per heavy atom. The number of anilines is 2. The summed E-state index contributed by atoms with van der Waals surface area (Å²) in [6.07, 6.45) is 1.15. The van der Waals surface area contributed by atoms with Crippen LogP contribution >= 0.6 is 0 Å². The van der Waals surface area contributed by atoms with Gasteiger partial charge in [0.2, 0.25) is 5.91 Å². The van der Waals surface area contributed by atoms with Crippen molar-refractivity contribution in [3.05, 3.63) is 71.8 Å². The summed E-state index contributed by atoms with van der Waals surface area (Å²) in [4.78, 5) is 28.7. The molecule has 0 unspecified atom stereocenters. The molecule has 4 aromatic rings. The van der Waals surface area contributed by atoms with Gasteiger partial charge in [0, 0.05) is 41.7 Å². The smallest absolute Gasteiger partial charge is 0.251 e. The highest BCUT2D eigenvalue weighted by atomic mass is 16.2. The molecule has 1 aliphatic rings. The maximum atomic E-state index is 12.1. The molecule has 7 nitrogen and oxygen atoms in total. The van der Waals surface area contributed by atoms with Crippen LogP contribution in [0.5, 0.6) is 0 Å². The summed E-state index contributed by atoms with van der Waals surface area (Å²) in [5.41, 5.74) is 12.7. The summed E-state index contributed by atoms with van der Waals surface area (Å²) in [5.74, 6) is 0.566. The first kappa shape index (κ1) is 18.9. The van der Waals surface area contributed by atoms with Crippen molar-refractivity contribution in [3.8, 4) is 17.1 Å². The molecule has 0 saturated carbocycles. The Labute approximate surface area is 178 Å². The molecule has 1 aliphatic heterocycles. The van der Waals surface area contributed by atoms with E-state index < -0.39 is 0 Å². The molecule has 3 aromatic carbocycles. The molecule has 0 fully saturated rings. The largest absolute Gasteiger partial charge is 0.398 e. The average Bonchev–Trinajstić information content (AvgIpc) is 3.17. The summed E-state index contributed by atoms with van der Waals surface area (Å²) >= 11 is 0. The fourth-order valence-corrected chi connectivity index (χ4v) is 4.02. The Morgan fingerprint density at radius 1 is 1.10 bits per heavy atom. The van der Waals surface area contributed by atoms with Gasteiger partial charge in [0.15, 0.2) is 0 Å². The minimum absolute atomic E-state index is 0.0350. The van der Waals surface area contributed by atoms with Gasteiger partial charge in [-0.1, -0.05) is 12.1 Å². The molecular weight excluding hydrogens is 390 g/mol. The van der Waals surface area contributed by atoms with Gasteiger partial charge in [0.1, 0.15) is 5.82 Å². The van der Waals surface area contributed by atoms with Crippen molar-refractivity contribution in [1.82, 2.24) is 14.9 Å². The number of nitrogen functional groups attached to an aromatic ring is 1. The molecule has 7 heteroatoms. The van der Waals surface area contributed by atoms with Crippen molar-refractivity contribution in [2.75, 3.05) is 18.1 Å². The van der Waals surface area contributed by atoms with Crippen LogP contribution in [-0.2, 0) is 11.2 Å². The lowest BCUT2D eigenvalue weighted by Gasteiger charge is -2.19. The number of fused-ring (bicyclic) bond motifs is 2. The van der Waals surface area contributed by atoms with Gasteiger partial charge in [-0.15, -0.1) is 0 Å².